The average Bonchev–Trinajstić information content (AvgIpc) is 2.83. The van der Waals surface area contributed by atoms with Crippen LogP contribution in [0.1, 0.15) is 27.9 Å². The van der Waals surface area contributed by atoms with Gasteiger partial charge >= 0.3 is 6.18 Å². The van der Waals surface area contributed by atoms with E-state index in [1.807, 2.05) is 0 Å². The summed E-state index contributed by atoms with van der Waals surface area (Å²) in [5.74, 6) is -0.421. The number of hydrogen-bond acceptors (Lipinski definition) is 4. The monoisotopic (exact) mass is 490 g/mol. The van der Waals surface area contributed by atoms with Crippen LogP contribution in [-0.2, 0) is 22.6 Å². The predicted molar refractivity (Wildman–Crippen MR) is 122 cm³/mol. The number of amides is 1. The van der Waals surface area contributed by atoms with Gasteiger partial charge < -0.3 is 10.1 Å². The molecule has 0 bridgehead atoms. The largest absolute Gasteiger partial charge is 0.497 e. The molecule has 0 saturated carbocycles. The fraction of sp³-hybridized carbons (Fsp3) is 0.208. The first kappa shape index (κ1) is 23.6. The number of sulfonamides is 1. The van der Waals surface area contributed by atoms with Crippen LogP contribution in [0.3, 0.4) is 0 Å². The van der Waals surface area contributed by atoms with Gasteiger partial charge in [0.2, 0.25) is 0 Å². The second-order valence-corrected chi connectivity index (χ2v) is 9.56. The van der Waals surface area contributed by atoms with E-state index < -0.39 is 33.2 Å². The lowest BCUT2D eigenvalue weighted by Gasteiger charge is -2.31. The number of anilines is 2. The Kier molecular flexibility index (Phi) is 6.26. The number of aryl methyl sites for hydroxylation is 1. The van der Waals surface area contributed by atoms with Crippen LogP contribution in [0.25, 0.3) is 0 Å². The summed E-state index contributed by atoms with van der Waals surface area (Å²) in [6, 6.07) is 15.2. The molecular weight excluding hydrogens is 469 g/mol. The van der Waals surface area contributed by atoms with Crippen LogP contribution in [0, 0.1) is 0 Å². The van der Waals surface area contributed by atoms with Crippen LogP contribution in [0.15, 0.2) is 71.6 Å². The highest BCUT2D eigenvalue weighted by molar-refractivity contribution is 7.92. The zero-order valence-corrected chi connectivity index (χ0v) is 18.9. The highest BCUT2D eigenvalue weighted by atomic mass is 32.2. The average molecular weight is 491 g/mol. The van der Waals surface area contributed by atoms with Gasteiger partial charge in [-0.25, -0.2) is 8.42 Å². The first-order valence-electron chi connectivity index (χ1n) is 10.4. The maximum Gasteiger partial charge on any atom is 0.417 e. The zero-order valence-electron chi connectivity index (χ0n) is 18.1. The fourth-order valence-electron chi connectivity index (χ4n) is 3.87. The predicted octanol–water partition coefficient (Wildman–Crippen LogP) is 5.11. The number of rotatable bonds is 5. The second-order valence-electron chi connectivity index (χ2n) is 7.70. The van der Waals surface area contributed by atoms with Crippen molar-refractivity contribution in [3.8, 4) is 5.75 Å². The summed E-state index contributed by atoms with van der Waals surface area (Å²) in [6.45, 7) is 0.232. The molecule has 1 aliphatic rings. The van der Waals surface area contributed by atoms with E-state index in [9.17, 15) is 26.4 Å². The van der Waals surface area contributed by atoms with E-state index in [0.29, 0.717) is 24.3 Å². The molecule has 34 heavy (non-hydrogen) atoms. The molecule has 0 radical (unpaired) electrons. The molecule has 1 amide bonds. The molecule has 0 saturated heterocycles. The van der Waals surface area contributed by atoms with Crippen molar-refractivity contribution in [3.63, 3.8) is 0 Å². The number of carbonyl (C=O) groups is 1. The molecule has 0 fully saturated rings. The summed E-state index contributed by atoms with van der Waals surface area (Å²) in [4.78, 5) is 12.7. The van der Waals surface area contributed by atoms with Gasteiger partial charge in [0.05, 0.1) is 28.8 Å². The van der Waals surface area contributed by atoms with Crippen molar-refractivity contribution in [2.24, 2.45) is 0 Å². The van der Waals surface area contributed by atoms with E-state index >= 15 is 0 Å². The molecule has 0 spiro atoms. The van der Waals surface area contributed by atoms with Crippen molar-refractivity contribution in [3.05, 3.63) is 83.4 Å². The number of halogens is 3. The standard InChI is InChI=1S/C24H21F3N2O4S/c1-33-18-10-12-19(13-11-18)34(31,32)29-14-4-5-16-8-9-17(15-22(16)29)28-23(30)20-6-2-3-7-21(20)24(25,26)27/h2-3,6-13,15H,4-5,14H2,1H3,(H,28,30). The molecule has 3 aromatic rings. The Morgan fingerprint density at radius 1 is 1.03 bits per heavy atom. The summed E-state index contributed by atoms with van der Waals surface area (Å²) in [7, 11) is -2.43. The maximum atomic E-state index is 13.3. The number of alkyl halides is 3. The van der Waals surface area contributed by atoms with E-state index in [1.54, 1.807) is 24.3 Å². The van der Waals surface area contributed by atoms with Crippen LogP contribution < -0.4 is 14.4 Å². The van der Waals surface area contributed by atoms with Gasteiger partial charge in [-0.3, -0.25) is 9.10 Å². The molecule has 0 aromatic heterocycles. The van der Waals surface area contributed by atoms with Crippen molar-refractivity contribution in [1.29, 1.82) is 0 Å². The molecule has 6 nitrogen and oxygen atoms in total. The normalized spacial score (nSPS) is 13.8. The lowest BCUT2D eigenvalue weighted by Crippen LogP contribution is -2.35. The van der Waals surface area contributed by atoms with E-state index in [0.717, 1.165) is 17.7 Å². The van der Waals surface area contributed by atoms with Crippen molar-refractivity contribution in [2.75, 3.05) is 23.3 Å². The van der Waals surface area contributed by atoms with Gasteiger partial charge in [0.15, 0.2) is 0 Å². The zero-order chi connectivity index (χ0) is 24.5. The Labute approximate surface area is 195 Å². The highest BCUT2D eigenvalue weighted by Crippen LogP contribution is 2.35. The number of benzene rings is 3. The van der Waals surface area contributed by atoms with Crippen molar-refractivity contribution < 1.29 is 31.1 Å². The van der Waals surface area contributed by atoms with Gasteiger partial charge in [-0.05, 0) is 66.9 Å². The number of ether oxygens (including phenoxy) is 1. The summed E-state index contributed by atoms with van der Waals surface area (Å²) in [5.41, 5.74) is -0.233. The minimum absolute atomic E-state index is 0.0784. The van der Waals surface area contributed by atoms with Crippen molar-refractivity contribution in [1.82, 2.24) is 0 Å². The quantitative estimate of drug-likeness (QED) is 0.540. The number of fused-ring (bicyclic) bond motifs is 1. The molecular formula is C24H21F3N2O4S. The Balaban J connectivity index is 1.66. The summed E-state index contributed by atoms with van der Waals surface area (Å²) in [6.07, 6.45) is -3.45. The van der Waals surface area contributed by atoms with Crippen LogP contribution in [0.5, 0.6) is 5.75 Å². The molecule has 3 aromatic carbocycles. The molecule has 1 heterocycles. The van der Waals surface area contributed by atoms with Gasteiger partial charge in [-0.1, -0.05) is 18.2 Å². The minimum Gasteiger partial charge on any atom is -0.497 e. The molecule has 10 heteroatoms. The number of methoxy groups -OCH3 is 1. The van der Waals surface area contributed by atoms with Crippen molar-refractivity contribution in [2.45, 2.75) is 23.9 Å². The minimum atomic E-state index is -4.69. The van der Waals surface area contributed by atoms with E-state index in [1.165, 1.54) is 41.7 Å². The lowest BCUT2D eigenvalue weighted by molar-refractivity contribution is -0.137. The van der Waals surface area contributed by atoms with E-state index in [2.05, 4.69) is 5.32 Å². The highest BCUT2D eigenvalue weighted by Gasteiger charge is 2.35. The molecule has 178 valence electrons. The van der Waals surface area contributed by atoms with Crippen LogP contribution in [0.2, 0.25) is 0 Å². The molecule has 0 unspecified atom stereocenters. The van der Waals surface area contributed by atoms with E-state index in [4.69, 9.17) is 4.74 Å². The van der Waals surface area contributed by atoms with Gasteiger partial charge in [-0.2, -0.15) is 13.2 Å². The second kappa shape index (κ2) is 9.02. The van der Waals surface area contributed by atoms with Gasteiger partial charge in [0, 0.05) is 12.2 Å². The van der Waals surface area contributed by atoms with Crippen LogP contribution >= 0.6 is 0 Å². The summed E-state index contributed by atoms with van der Waals surface area (Å²) >= 11 is 0. The fourth-order valence-corrected chi connectivity index (χ4v) is 5.40. The third-order valence-corrected chi connectivity index (χ3v) is 7.37. The third-order valence-electron chi connectivity index (χ3n) is 5.54. The van der Waals surface area contributed by atoms with Crippen LogP contribution in [-0.4, -0.2) is 28.0 Å². The third kappa shape index (κ3) is 4.58. The topological polar surface area (TPSA) is 75.7 Å². The van der Waals surface area contributed by atoms with Gasteiger partial charge in [0.25, 0.3) is 15.9 Å². The Hall–Kier alpha value is -3.53. The number of nitrogens with one attached hydrogen (secondary N) is 1. The SMILES string of the molecule is COc1ccc(S(=O)(=O)N2CCCc3ccc(NC(=O)c4ccccc4C(F)(F)F)cc32)cc1. The van der Waals surface area contributed by atoms with E-state index in [-0.39, 0.29) is 17.1 Å². The van der Waals surface area contributed by atoms with Gasteiger partial charge in [0.1, 0.15) is 5.75 Å². The van der Waals surface area contributed by atoms with Crippen LogP contribution in [0.4, 0.5) is 24.5 Å². The molecule has 0 aliphatic carbocycles. The Bertz CT molecular complexity index is 1320. The molecule has 4 rings (SSSR count). The molecule has 1 aliphatic heterocycles. The molecule has 1 N–H and O–H groups in total. The first-order chi connectivity index (χ1) is 16.1. The number of carbonyl (C=O) groups excluding carboxylic acids is 1. The van der Waals surface area contributed by atoms with Crippen molar-refractivity contribution >= 4 is 27.3 Å². The first-order valence-corrected chi connectivity index (χ1v) is 11.8. The lowest BCUT2D eigenvalue weighted by atomic mass is 10.0. The Morgan fingerprint density at radius 3 is 2.41 bits per heavy atom. The smallest absolute Gasteiger partial charge is 0.417 e. The summed E-state index contributed by atoms with van der Waals surface area (Å²) < 4.78 is 72.9. The van der Waals surface area contributed by atoms with Gasteiger partial charge in [-0.15, -0.1) is 0 Å². The summed E-state index contributed by atoms with van der Waals surface area (Å²) in [5, 5.41) is 2.47. The number of hydrogen-bond donors (Lipinski definition) is 1. The number of nitrogens with zero attached hydrogens (tertiary/aromatic N) is 1. The molecule has 0 atom stereocenters. The maximum absolute atomic E-state index is 13.3. The Morgan fingerprint density at radius 2 is 1.74 bits per heavy atom.